The van der Waals surface area contributed by atoms with Crippen molar-refractivity contribution in [2.75, 3.05) is 24.5 Å². The zero-order valence-corrected chi connectivity index (χ0v) is 28.0. The number of benzene rings is 1. The van der Waals surface area contributed by atoms with Crippen LogP contribution < -0.4 is 10.6 Å². The highest BCUT2D eigenvalue weighted by Crippen LogP contribution is 2.36. The van der Waals surface area contributed by atoms with Crippen molar-refractivity contribution in [1.82, 2.24) is 24.4 Å². The van der Waals surface area contributed by atoms with Crippen molar-refractivity contribution in [3.05, 3.63) is 81.0 Å². The molecule has 0 N–H and O–H groups in total. The van der Waals surface area contributed by atoms with Crippen LogP contribution in [0.2, 0.25) is 5.02 Å². The summed E-state index contributed by atoms with van der Waals surface area (Å²) < 4.78 is 7.20. The summed E-state index contributed by atoms with van der Waals surface area (Å²) in [6.07, 6.45) is 5.40. The van der Waals surface area contributed by atoms with Gasteiger partial charge in [0.1, 0.15) is 11.4 Å². The molecule has 0 unspecified atom stereocenters. The third-order valence-corrected chi connectivity index (χ3v) is 8.08. The number of hydrogen-bond donors (Lipinski definition) is 0. The first kappa shape index (κ1) is 32.2. The third-order valence-electron chi connectivity index (χ3n) is 7.80. The van der Waals surface area contributed by atoms with E-state index in [2.05, 4.69) is 28.7 Å². The van der Waals surface area contributed by atoms with E-state index >= 15 is 0 Å². The molecule has 0 aliphatic carbocycles. The Labute approximate surface area is 269 Å². The summed E-state index contributed by atoms with van der Waals surface area (Å²) in [6.45, 7) is 16.9. The fraction of sp³-hybridized carbons (Fsp3) is 0.400. The molecule has 10 heteroatoms. The average molecular weight is 629 g/mol. The minimum atomic E-state index is -0.592. The van der Waals surface area contributed by atoms with Crippen molar-refractivity contribution in [3.8, 4) is 16.9 Å². The highest BCUT2D eigenvalue weighted by atomic mass is 35.5. The second-order valence-electron chi connectivity index (χ2n) is 12.9. The molecule has 4 aromatic rings. The SMILES string of the molecule is CC=Cc1cccc(-c2nc3c(cc2Cl)c(N2CCN(C(=O)OC(C)(C)C)C[C@@H]2C)nc(=O)n3-c2c(C)ccnc2C(C)C)c1. The molecule has 1 aliphatic rings. The average Bonchev–Trinajstić information content (AvgIpc) is 2.96. The quantitative estimate of drug-likeness (QED) is 0.227. The Morgan fingerprint density at radius 2 is 1.89 bits per heavy atom. The molecular weight excluding hydrogens is 588 g/mol. The summed E-state index contributed by atoms with van der Waals surface area (Å²) in [5.41, 5.74) is 4.15. The smallest absolute Gasteiger partial charge is 0.410 e. The van der Waals surface area contributed by atoms with Gasteiger partial charge in [-0.2, -0.15) is 4.98 Å². The summed E-state index contributed by atoms with van der Waals surface area (Å²) >= 11 is 7.00. The molecule has 1 atom stereocenters. The van der Waals surface area contributed by atoms with Crippen LogP contribution in [0.25, 0.3) is 34.1 Å². The summed E-state index contributed by atoms with van der Waals surface area (Å²) in [4.78, 5) is 45.2. The van der Waals surface area contributed by atoms with Gasteiger partial charge in [-0.05, 0) is 76.8 Å². The summed E-state index contributed by atoms with van der Waals surface area (Å²) in [6, 6.07) is 11.6. The van der Waals surface area contributed by atoms with Crippen molar-refractivity contribution in [2.24, 2.45) is 0 Å². The van der Waals surface area contributed by atoms with E-state index in [0.29, 0.717) is 52.9 Å². The summed E-state index contributed by atoms with van der Waals surface area (Å²) in [7, 11) is 0. The van der Waals surface area contributed by atoms with Crippen LogP contribution in [0.15, 0.2) is 53.5 Å². The van der Waals surface area contributed by atoms with Gasteiger partial charge in [-0.1, -0.05) is 55.8 Å². The Morgan fingerprint density at radius 3 is 2.56 bits per heavy atom. The first-order chi connectivity index (χ1) is 21.3. The maximum absolute atomic E-state index is 14.2. The van der Waals surface area contributed by atoms with Gasteiger partial charge < -0.3 is 14.5 Å². The number of fused-ring (bicyclic) bond motifs is 1. The molecule has 0 bridgehead atoms. The van der Waals surface area contributed by atoms with E-state index in [4.69, 9.17) is 21.3 Å². The van der Waals surface area contributed by atoms with E-state index in [9.17, 15) is 9.59 Å². The highest BCUT2D eigenvalue weighted by molar-refractivity contribution is 6.33. The molecule has 0 spiro atoms. The first-order valence-corrected chi connectivity index (χ1v) is 15.7. The van der Waals surface area contributed by atoms with Gasteiger partial charge in [0.15, 0.2) is 5.65 Å². The second-order valence-corrected chi connectivity index (χ2v) is 13.3. The maximum atomic E-state index is 14.2. The molecule has 1 fully saturated rings. The van der Waals surface area contributed by atoms with E-state index < -0.39 is 11.3 Å². The fourth-order valence-electron chi connectivity index (χ4n) is 5.76. The van der Waals surface area contributed by atoms with E-state index in [0.717, 1.165) is 22.4 Å². The molecule has 236 valence electrons. The lowest BCUT2D eigenvalue weighted by molar-refractivity contribution is 0.0218. The monoisotopic (exact) mass is 628 g/mol. The lowest BCUT2D eigenvalue weighted by Gasteiger charge is -2.41. The zero-order valence-electron chi connectivity index (χ0n) is 27.3. The van der Waals surface area contributed by atoms with Crippen molar-refractivity contribution < 1.29 is 9.53 Å². The minimum Gasteiger partial charge on any atom is -0.444 e. The van der Waals surface area contributed by atoms with Gasteiger partial charge in [-0.3, -0.25) is 4.98 Å². The Balaban J connectivity index is 1.72. The Hall–Kier alpha value is -4.24. The van der Waals surface area contributed by atoms with Crippen LogP contribution in [0, 0.1) is 6.92 Å². The molecule has 1 amide bonds. The van der Waals surface area contributed by atoms with Crippen LogP contribution in [0.1, 0.15) is 71.2 Å². The van der Waals surface area contributed by atoms with Crippen molar-refractivity contribution >= 4 is 40.6 Å². The Bertz CT molecular complexity index is 1840. The minimum absolute atomic E-state index is 0.0479. The number of carbonyl (C=O) groups excluding carboxylic acids is 1. The topological polar surface area (TPSA) is 93.5 Å². The molecular formula is C35H41ClN6O3. The second kappa shape index (κ2) is 12.6. The van der Waals surface area contributed by atoms with Crippen molar-refractivity contribution in [3.63, 3.8) is 0 Å². The van der Waals surface area contributed by atoms with Crippen molar-refractivity contribution in [1.29, 1.82) is 0 Å². The number of halogens is 1. The number of allylic oxidation sites excluding steroid dienone is 1. The van der Waals surface area contributed by atoms with Crippen LogP contribution in [-0.4, -0.2) is 61.8 Å². The number of anilines is 1. The number of nitrogens with zero attached hydrogens (tertiary/aromatic N) is 6. The van der Waals surface area contributed by atoms with E-state index in [1.165, 1.54) is 0 Å². The number of hydrogen-bond acceptors (Lipinski definition) is 7. The number of aryl methyl sites for hydroxylation is 1. The Morgan fingerprint density at radius 1 is 1.13 bits per heavy atom. The summed E-state index contributed by atoms with van der Waals surface area (Å²) in [5, 5.41) is 1.09. The number of aromatic nitrogens is 4. The molecule has 3 aromatic heterocycles. The lowest BCUT2D eigenvalue weighted by Crippen LogP contribution is -2.55. The molecule has 5 rings (SSSR count). The predicted octanol–water partition coefficient (Wildman–Crippen LogP) is 7.41. The molecule has 1 aliphatic heterocycles. The van der Waals surface area contributed by atoms with Crippen LogP contribution in [-0.2, 0) is 4.74 Å². The van der Waals surface area contributed by atoms with Gasteiger partial charge in [0.25, 0.3) is 0 Å². The molecule has 0 saturated carbocycles. The van der Waals surface area contributed by atoms with Gasteiger partial charge in [0.05, 0.1) is 27.5 Å². The van der Waals surface area contributed by atoms with Gasteiger partial charge in [0, 0.05) is 37.4 Å². The molecule has 1 aromatic carbocycles. The number of rotatable bonds is 5. The molecule has 45 heavy (non-hydrogen) atoms. The fourth-order valence-corrected chi connectivity index (χ4v) is 6.02. The van der Waals surface area contributed by atoms with Crippen LogP contribution in [0.4, 0.5) is 10.6 Å². The van der Waals surface area contributed by atoms with Gasteiger partial charge in [-0.15, -0.1) is 0 Å². The number of piperazine rings is 1. The van der Waals surface area contributed by atoms with E-state index in [1.807, 2.05) is 90.1 Å². The van der Waals surface area contributed by atoms with Crippen LogP contribution in [0.5, 0.6) is 0 Å². The van der Waals surface area contributed by atoms with Gasteiger partial charge in [0.2, 0.25) is 0 Å². The number of carbonyl (C=O) groups is 1. The molecule has 0 radical (unpaired) electrons. The third kappa shape index (κ3) is 6.59. The first-order valence-electron chi connectivity index (χ1n) is 15.4. The predicted molar refractivity (Wildman–Crippen MR) is 182 cm³/mol. The van der Waals surface area contributed by atoms with Gasteiger partial charge >= 0.3 is 11.8 Å². The number of pyridine rings is 2. The molecule has 1 saturated heterocycles. The molecule has 4 heterocycles. The zero-order chi connectivity index (χ0) is 32.6. The van der Waals surface area contributed by atoms with Gasteiger partial charge in [-0.25, -0.2) is 19.1 Å². The van der Waals surface area contributed by atoms with Crippen molar-refractivity contribution in [2.45, 2.75) is 73.0 Å². The normalized spacial score (nSPS) is 15.8. The highest BCUT2D eigenvalue weighted by Gasteiger charge is 2.33. The largest absolute Gasteiger partial charge is 0.444 e. The lowest BCUT2D eigenvalue weighted by atomic mass is 10.0. The standard InChI is InChI=1S/C35H41ClN6O3/c1-9-11-24-12-10-13-25(18-24)29-27(36)19-26-31(41-17-16-40(20-23(41)5)34(44)45-35(6,7)8)39-33(43)42(32(26)38-29)30-22(4)14-15-37-28(30)21(2)3/h9-15,18-19,21,23H,16-17,20H2,1-8H3/t23-/m0/s1. The summed E-state index contributed by atoms with van der Waals surface area (Å²) in [5.74, 6) is 0.533. The van der Waals surface area contributed by atoms with Crippen LogP contribution >= 0.6 is 11.6 Å². The van der Waals surface area contributed by atoms with E-state index in [-0.39, 0.29) is 18.1 Å². The van der Waals surface area contributed by atoms with E-state index in [1.54, 1.807) is 15.7 Å². The number of ether oxygens (including phenoxy) is 1. The van der Waals surface area contributed by atoms with Crippen LogP contribution in [0.3, 0.4) is 0 Å². The Kier molecular flexibility index (Phi) is 9.03. The maximum Gasteiger partial charge on any atom is 0.410 e. The number of amides is 1. The molecule has 9 nitrogen and oxygen atoms in total.